The highest BCUT2D eigenvalue weighted by Gasteiger charge is 2.45. The zero-order valence-electron chi connectivity index (χ0n) is 19.7. The highest BCUT2D eigenvalue weighted by molar-refractivity contribution is 6.30. The number of pyridine rings is 1. The van der Waals surface area contributed by atoms with Gasteiger partial charge in [0.25, 0.3) is 11.5 Å². The van der Waals surface area contributed by atoms with E-state index in [9.17, 15) is 19.5 Å². The fourth-order valence-corrected chi connectivity index (χ4v) is 4.53. The molecule has 36 heavy (non-hydrogen) atoms. The molecular formula is C26H25ClFN3O5. The summed E-state index contributed by atoms with van der Waals surface area (Å²) in [5.41, 5.74) is 0.688. The summed E-state index contributed by atoms with van der Waals surface area (Å²) in [4.78, 5) is 41.1. The van der Waals surface area contributed by atoms with Gasteiger partial charge in [0.1, 0.15) is 23.3 Å². The Morgan fingerprint density at radius 2 is 1.92 bits per heavy atom. The van der Waals surface area contributed by atoms with Gasteiger partial charge in [-0.2, -0.15) is 0 Å². The number of anilines is 1. The quantitative estimate of drug-likeness (QED) is 0.506. The maximum atomic E-state index is 15.1. The van der Waals surface area contributed by atoms with E-state index in [4.69, 9.17) is 16.3 Å². The number of hydrogen-bond donors (Lipinski definition) is 2. The van der Waals surface area contributed by atoms with E-state index in [1.807, 2.05) is 0 Å². The summed E-state index contributed by atoms with van der Waals surface area (Å²) in [6.45, 7) is 1.46. The van der Waals surface area contributed by atoms with Crippen LogP contribution in [0.5, 0.6) is 5.75 Å². The number of halogens is 2. The van der Waals surface area contributed by atoms with Crippen molar-refractivity contribution < 1.29 is 23.8 Å². The molecule has 2 N–H and O–H groups in total. The van der Waals surface area contributed by atoms with Crippen LogP contribution in [0.1, 0.15) is 27.4 Å². The lowest BCUT2D eigenvalue weighted by Crippen LogP contribution is -2.44. The minimum absolute atomic E-state index is 0.0349. The van der Waals surface area contributed by atoms with Gasteiger partial charge >= 0.3 is 0 Å². The third-order valence-electron chi connectivity index (χ3n) is 6.27. The van der Waals surface area contributed by atoms with Crippen LogP contribution in [0.4, 0.5) is 10.1 Å². The molecule has 0 bridgehead atoms. The maximum absolute atomic E-state index is 15.1. The van der Waals surface area contributed by atoms with Crippen LogP contribution in [-0.2, 0) is 11.3 Å². The van der Waals surface area contributed by atoms with Crippen molar-refractivity contribution in [1.29, 1.82) is 0 Å². The first-order chi connectivity index (χ1) is 17.2. The largest absolute Gasteiger partial charge is 0.497 e. The van der Waals surface area contributed by atoms with E-state index in [-0.39, 0.29) is 36.5 Å². The van der Waals surface area contributed by atoms with Gasteiger partial charge in [-0.25, -0.2) is 4.39 Å². The monoisotopic (exact) mass is 513 g/mol. The number of benzene rings is 2. The van der Waals surface area contributed by atoms with E-state index in [2.05, 4.69) is 5.32 Å². The Morgan fingerprint density at radius 1 is 1.19 bits per heavy atom. The number of aryl methyl sites for hydroxylation is 1. The molecule has 1 unspecified atom stereocenters. The van der Waals surface area contributed by atoms with Crippen molar-refractivity contribution in [3.05, 3.63) is 92.6 Å². The third kappa shape index (κ3) is 4.84. The van der Waals surface area contributed by atoms with Crippen LogP contribution in [-0.4, -0.2) is 47.8 Å². The molecule has 8 nitrogen and oxygen atoms in total. The molecule has 2 amide bonds. The Balaban J connectivity index is 1.76. The van der Waals surface area contributed by atoms with Crippen LogP contribution in [0.25, 0.3) is 0 Å². The Labute approximate surface area is 211 Å². The maximum Gasteiger partial charge on any atom is 0.274 e. The number of carbonyl (C=O) groups excluding carboxylic acids is 2. The number of aliphatic hydroxyl groups excluding tert-OH is 1. The summed E-state index contributed by atoms with van der Waals surface area (Å²) in [7, 11) is 1.42. The Kier molecular flexibility index (Phi) is 7.42. The van der Waals surface area contributed by atoms with Crippen LogP contribution in [0.2, 0.25) is 5.02 Å². The van der Waals surface area contributed by atoms with E-state index in [1.165, 1.54) is 40.8 Å². The van der Waals surface area contributed by atoms with Gasteiger partial charge in [-0.05, 0) is 54.4 Å². The fourth-order valence-electron chi connectivity index (χ4n) is 4.40. The number of amides is 2. The molecule has 188 valence electrons. The third-order valence-corrected chi connectivity index (χ3v) is 6.52. The summed E-state index contributed by atoms with van der Waals surface area (Å²) < 4.78 is 21.5. The lowest BCUT2D eigenvalue weighted by Gasteiger charge is -2.20. The van der Waals surface area contributed by atoms with Gasteiger partial charge < -0.3 is 24.6 Å². The fraction of sp³-hybridized carbons (Fsp3) is 0.269. The molecule has 4 rings (SSSR count). The van der Waals surface area contributed by atoms with E-state index < -0.39 is 35.2 Å². The molecule has 2 heterocycles. The average molecular weight is 514 g/mol. The molecule has 2 atom stereocenters. The summed E-state index contributed by atoms with van der Waals surface area (Å²) in [5, 5.41) is 12.5. The van der Waals surface area contributed by atoms with Gasteiger partial charge in [-0.3, -0.25) is 14.4 Å². The molecule has 1 fully saturated rings. The molecule has 0 aliphatic carbocycles. The van der Waals surface area contributed by atoms with Crippen molar-refractivity contribution >= 4 is 29.1 Å². The summed E-state index contributed by atoms with van der Waals surface area (Å²) >= 11 is 5.92. The van der Waals surface area contributed by atoms with E-state index in [1.54, 1.807) is 37.4 Å². The highest BCUT2D eigenvalue weighted by atomic mass is 35.5. The van der Waals surface area contributed by atoms with Crippen molar-refractivity contribution in [3.8, 4) is 5.75 Å². The number of rotatable bonds is 7. The second-order valence-corrected chi connectivity index (χ2v) is 8.91. The number of ether oxygens (including phenoxy) is 1. The van der Waals surface area contributed by atoms with Crippen LogP contribution in [0.15, 0.2) is 59.5 Å². The molecule has 2 aromatic carbocycles. The number of hydrogen-bond acceptors (Lipinski definition) is 5. The van der Waals surface area contributed by atoms with Crippen molar-refractivity contribution in [2.75, 3.05) is 25.2 Å². The minimum Gasteiger partial charge on any atom is -0.497 e. The predicted molar refractivity (Wildman–Crippen MR) is 133 cm³/mol. The van der Waals surface area contributed by atoms with E-state index in [0.717, 1.165) is 0 Å². The van der Waals surface area contributed by atoms with E-state index >= 15 is 4.39 Å². The lowest BCUT2D eigenvalue weighted by molar-refractivity contribution is -0.118. The van der Waals surface area contributed by atoms with Crippen molar-refractivity contribution in [3.63, 3.8) is 0 Å². The van der Waals surface area contributed by atoms with Gasteiger partial charge in [0, 0.05) is 41.9 Å². The molecule has 3 aromatic rings. The average Bonchev–Trinajstić information content (AvgIpc) is 3.16. The highest BCUT2D eigenvalue weighted by Crippen LogP contribution is 2.35. The molecule has 1 aromatic heterocycles. The number of methoxy groups -OCH3 is 1. The van der Waals surface area contributed by atoms with Crippen LogP contribution in [0, 0.1) is 12.7 Å². The number of aliphatic hydroxyl groups is 1. The molecule has 0 radical (unpaired) electrons. The van der Waals surface area contributed by atoms with Crippen molar-refractivity contribution in [2.24, 2.45) is 0 Å². The molecule has 1 aliphatic heterocycles. The topological polar surface area (TPSA) is 101 Å². The SMILES string of the molecule is COc1ccc([C@@H]2CN(c3c(C)ccn(CCO)c3=O)C(=O)C2NC(=O)c2ccc(Cl)cc2)c(F)c1. The first kappa shape index (κ1) is 25.4. The van der Waals surface area contributed by atoms with Gasteiger partial charge in [0.15, 0.2) is 0 Å². The number of nitrogens with zero attached hydrogens (tertiary/aromatic N) is 2. The zero-order valence-corrected chi connectivity index (χ0v) is 20.5. The second-order valence-electron chi connectivity index (χ2n) is 8.47. The van der Waals surface area contributed by atoms with Gasteiger partial charge in [0.05, 0.1) is 13.7 Å². The number of nitrogens with one attached hydrogen (secondary N) is 1. The molecule has 1 aliphatic rings. The standard InChI is InChI=1S/C26H25ClFN3O5/c1-15-9-10-30(11-12-32)26(35)23(15)31-14-20(19-8-7-18(36-2)13-21(19)28)22(25(31)34)29-24(33)16-3-5-17(27)6-4-16/h3-10,13,20,22,32H,11-12,14H2,1-2H3,(H,29,33)/t20-,22?/m0/s1. The molecule has 0 saturated carbocycles. The second kappa shape index (κ2) is 10.5. The normalized spacial score (nSPS) is 17.4. The number of carbonyl (C=O) groups is 2. The lowest BCUT2D eigenvalue weighted by atomic mass is 9.93. The van der Waals surface area contributed by atoms with E-state index in [0.29, 0.717) is 16.3 Å². The smallest absolute Gasteiger partial charge is 0.274 e. The zero-order chi connectivity index (χ0) is 26.0. The molecule has 0 spiro atoms. The van der Waals surface area contributed by atoms with Crippen molar-refractivity contribution in [2.45, 2.75) is 25.4 Å². The first-order valence-corrected chi connectivity index (χ1v) is 11.6. The van der Waals surface area contributed by atoms with Crippen LogP contribution >= 0.6 is 11.6 Å². The van der Waals surface area contributed by atoms with Gasteiger partial charge in [-0.1, -0.05) is 17.7 Å². The molecular weight excluding hydrogens is 489 g/mol. The molecule has 1 saturated heterocycles. The molecule has 10 heteroatoms. The van der Waals surface area contributed by atoms with Crippen molar-refractivity contribution in [1.82, 2.24) is 9.88 Å². The summed E-state index contributed by atoms with van der Waals surface area (Å²) in [5.74, 6) is -2.15. The van der Waals surface area contributed by atoms with Crippen LogP contribution in [0.3, 0.4) is 0 Å². The summed E-state index contributed by atoms with van der Waals surface area (Å²) in [6.07, 6.45) is 1.54. The predicted octanol–water partition coefficient (Wildman–Crippen LogP) is 2.88. The summed E-state index contributed by atoms with van der Waals surface area (Å²) in [6, 6.07) is 11.0. The first-order valence-electron chi connectivity index (χ1n) is 11.3. The van der Waals surface area contributed by atoms with Crippen LogP contribution < -0.4 is 20.5 Å². The van der Waals surface area contributed by atoms with Gasteiger partial charge in [0.2, 0.25) is 5.91 Å². The van der Waals surface area contributed by atoms with Gasteiger partial charge in [-0.15, -0.1) is 0 Å². The minimum atomic E-state index is -1.14. The number of aromatic nitrogens is 1. The Bertz CT molecular complexity index is 1360. The Morgan fingerprint density at radius 3 is 2.56 bits per heavy atom. The Hall–Kier alpha value is -3.69.